The molecule has 0 atom stereocenters. The highest BCUT2D eigenvalue weighted by Gasteiger charge is 2.21. The van der Waals surface area contributed by atoms with E-state index in [0.717, 1.165) is 23.2 Å². The molecule has 1 aromatic heterocycles. The first-order chi connectivity index (χ1) is 14.5. The average Bonchev–Trinajstić information content (AvgIpc) is 3.16. The van der Waals surface area contributed by atoms with Crippen LogP contribution in [-0.2, 0) is 4.79 Å². The van der Waals surface area contributed by atoms with Gasteiger partial charge in [-0.25, -0.2) is 4.98 Å². The Bertz CT molecular complexity index is 934. The minimum absolute atomic E-state index is 0.0471. The van der Waals surface area contributed by atoms with Crippen molar-refractivity contribution in [1.29, 1.82) is 0 Å². The maximum atomic E-state index is 13.0. The normalized spacial score (nSPS) is 11.0. The number of anilines is 1. The maximum Gasteiger partial charge on any atom is 0.266 e. The lowest BCUT2D eigenvalue weighted by Crippen LogP contribution is -2.36. The van der Waals surface area contributed by atoms with E-state index in [1.165, 1.54) is 11.3 Å². The first-order valence-electron chi connectivity index (χ1n) is 9.67. The lowest BCUT2D eigenvalue weighted by atomic mass is 10.3. The van der Waals surface area contributed by atoms with Gasteiger partial charge in [-0.2, -0.15) is 0 Å². The quantitative estimate of drug-likeness (QED) is 0.490. The van der Waals surface area contributed by atoms with Crippen molar-refractivity contribution in [2.75, 3.05) is 52.9 Å². The van der Waals surface area contributed by atoms with Gasteiger partial charge in [-0.1, -0.05) is 29.5 Å². The van der Waals surface area contributed by atoms with Gasteiger partial charge in [-0.15, -0.1) is 0 Å². The molecule has 0 spiro atoms. The minimum atomic E-state index is -0.129. The molecule has 0 aliphatic heterocycles. The van der Waals surface area contributed by atoms with E-state index >= 15 is 0 Å². The molecule has 30 heavy (non-hydrogen) atoms. The van der Waals surface area contributed by atoms with Crippen molar-refractivity contribution >= 4 is 32.6 Å². The smallest absolute Gasteiger partial charge is 0.266 e. The molecule has 3 rings (SSSR count). The van der Waals surface area contributed by atoms with Crippen LogP contribution < -0.4 is 19.1 Å². The Morgan fingerprint density at radius 1 is 1.03 bits per heavy atom. The number of rotatable bonds is 10. The SMILES string of the molecule is COc1cc2nc(N(CCCN(C)C)C(=O)COc3ccccc3)sc2cc1OC. The number of benzene rings is 2. The number of hydrogen-bond donors (Lipinski definition) is 0. The number of amides is 1. The Kier molecular flexibility index (Phi) is 7.48. The molecule has 0 saturated carbocycles. The molecule has 0 N–H and O–H groups in total. The molecule has 0 fully saturated rings. The zero-order chi connectivity index (χ0) is 21.5. The summed E-state index contributed by atoms with van der Waals surface area (Å²) in [5, 5.41) is 0.640. The molecule has 0 aliphatic carbocycles. The first-order valence-corrected chi connectivity index (χ1v) is 10.5. The summed E-state index contributed by atoms with van der Waals surface area (Å²) in [5.74, 6) is 1.78. The van der Waals surface area contributed by atoms with Crippen LogP contribution in [0.15, 0.2) is 42.5 Å². The van der Waals surface area contributed by atoms with E-state index in [0.29, 0.717) is 28.9 Å². The fourth-order valence-electron chi connectivity index (χ4n) is 2.97. The molecule has 3 aromatic rings. The molecule has 1 amide bonds. The van der Waals surface area contributed by atoms with Gasteiger partial charge in [-0.3, -0.25) is 9.69 Å². The van der Waals surface area contributed by atoms with E-state index < -0.39 is 0 Å². The van der Waals surface area contributed by atoms with Crippen LogP contribution in [0, 0.1) is 0 Å². The number of methoxy groups -OCH3 is 2. The Labute approximate surface area is 180 Å². The molecule has 8 heteroatoms. The third kappa shape index (κ3) is 5.40. The number of fused-ring (bicyclic) bond motifs is 1. The topological polar surface area (TPSA) is 64.1 Å². The van der Waals surface area contributed by atoms with E-state index in [9.17, 15) is 4.79 Å². The summed E-state index contributed by atoms with van der Waals surface area (Å²) in [7, 11) is 7.22. The second-order valence-corrected chi connectivity index (χ2v) is 7.98. The third-order valence-corrected chi connectivity index (χ3v) is 5.55. The molecule has 7 nitrogen and oxygen atoms in total. The highest BCUT2D eigenvalue weighted by Crippen LogP contribution is 2.37. The third-order valence-electron chi connectivity index (χ3n) is 4.51. The number of para-hydroxylation sites is 1. The number of carbonyl (C=O) groups excluding carboxylic acids is 1. The number of nitrogens with zero attached hydrogens (tertiary/aromatic N) is 3. The molecular weight excluding hydrogens is 402 g/mol. The second-order valence-electron chi connectivity index (χ2n) is 6.98. The molecule has 0 radical (unpaired) electrons. The van der Waals surface area contributed by atoms with Crippen molar-refractivity contribution in [1.82, 2.24) is 9.88 Å². The summed E-state index contributed by atoms with van der Waals surface area (Å²) in [4.78, 5) is 21.5. The lowest BCUT2D eigenvalue weighted by molar-refractivity contribution is -0.120. The molecule has 1 heterocycles. The van der Waals surface area contributed by atoms with Crippen molar-refractivity contribution in [3.63, 3.8) is 0 Å². The van der Waals surface area contributed by atoms with Gasteiger partial charge in [0.15, 0.2) is 23.2 Å². The van der Waals surface area contributed by atoms with Crippen LogP contribution in [-0.4, -0.2) is 63.8 Å². The van der Waals surface area contributed by atoms with Gasteiger partial charge in [-0.05, 0) is 39.2 Å². The van der Waals surface area contributed by atoms with Crippen molar-refractivity contribution in [2.45, 2.75) is 6.42 Å². The molecule has 0 unspecified atom stereocenters. The largest absolute Gasteiger partial charge is 0.493 e. The number of carbonyl (C=O) groups is 1. The average molecular weight is 430 g/mol. The minimum Gasteiger partial charge on any atom is -0.493 e. The van der Waals surface area contributed by atoms with E-state index in [1.807, 2.05) is 56.6 Å². The van der Waals surface area contributed by atoms with E-state index in [4.69, 9.17) is 14.2 Å². The van der Waals surface area contributed by atoms with Gasteiger partial charge in [0.2, 0.25) is 0 Å². The van der Waals surface area contributed by atoms with Gasteiger partial charge in [0, 0.05) is 18.7 Å². The fourth-order valence-corrected chi connectivity index (χ4v) is 3.99. The van der Waals surface area contributed by atoms with Gasteiger partial charge < -0.3 is 19.1 Å². The predicted molar refractivity (Wildman–Crippen MR) is 120 cm³/mol. The molecular formula is C22H27N3O4S. The number of ether oxygens (including phenoxy) is 3. The lowest BCUT2D eigenvalue weighted by Gasteiger charge is -2.21. The van der Waals surface area contributed by atoms with Gasteiger partial charge in [0.05, 0.1) is 24.4 Å². The summed E-state index contributed by atoms with van der Waals surface area (Å²) >= 11 is 1.45. The highest BCUT2D eigenvalue weighted by molar-refractivity contribution is 7.22. The van der Waals surface area contributed by atoms with Crippen molar-refractivity contribution in [2.24, 2.45) is 0 Å². The summed E-state index contributed by atoms with van der Waals surface area (Å²) in [5.41, 5.74) is 0.766. The van der Waals surface area contributed by atoms with Crippen LogP contribution in [0.2, 0.25) is 0 Å². The van der Waals surface area contributed by atoms with Crippen LogP contribution in [0.25, 0.3) is 10.2 Å². The summed E-state index contributed by atoms with van der Waals surface area (Å²) in [6.07, 6.45) is 0.826. The number of thiazole rings is 1. The van der Waals surface area contributed by atoms with Crippen LogP contribution >= 0.6 is 11.3 Å². The zero-order valence-corrected chi connectivity index (χ0v) is 18.6. The molecule has 0 saturated heterocycles. The van der Waals surface area contributed by atoms with Crippen molar-refractivity contribution in [3.8, 4) is 17.2 Å². The van der Waals surface area contributed by atoms with Crippen LogP contribution in [0.5, 0.6) is 17.2 Å². The van der Waals surface area contributed by atoms with Crippen molar-refractivity contribution in [3.05, 3.63) is 42.5 Å². The van der Waals surface area contributed by atoms with Crippen LogP contribution in [0.1, 0.15) is 6.42 Å². The first kappa shape index (κ1) is 21.9. The van der Waals surface area contributed by atoms with E-state index in [2.05, 4.69) is 9.88 Å². The van der Waals surface area contributed by atoms with E-state index in [1.54, 1.807) is 19.1 Å². The summed E-state index contributed by atoms with van der Waals surface area (Å²) in [6.45, 7) is 1.38. The zero-order valence-electron chi connectivity index (χ0n) is 17.8. The summed E-state index contributed by atoms with van der Waals surface area (Å²) in [6, 6.07) is 13.0. The van der Waals surface area contributed by atoms with Gasteiger partial charge in [0.1, 0.15) is 5.75 Å². The Hall–Kier alpha value is -2.84. The monoisotopic (exact) mass is 429 g/mol. The fraction of sp³-hybridized carbons (Fsp3) is 0.364. The van der Waals surface area contributed by atoms with E-state index in [-0.39, 0.29) is 12.5 Å². The Balaban J connectivity index is 1.84. The number of aromatic nitrogens is 1. The molecule has 2 aromatic carbocycles. The van der Waals surface area contributed by atoms with Crippen LogP contribution in [0.4, 0.5) is 5.13 Å². The number of hydrogen-bond acceptors (Lipinski definition) is 7. The maximum absolute atomic E-state index is 13.0. The van der Waals surface area contributed by atoms with Crippen LogP contribution in [0.3, 0.4) is 0 Å². The second kappa shape index (κ2) is 10.3. The molecule has 0 aliphatic rings. The summed E-state index contributed by atoms with van der Waals surface area (Å²) < 4.78 is 17.4. The molecule has 160 valence electrons. The molecule has 0 bridgehead atoms. The predicted octanol–water partition coefficient (Wildman–Crippen LogP) is 3.68. The van der Waals surface area contributed by atoms with Crippen molar-refractivity contribution < 1.29 is 19.0 Å². The van der Waals surface area contributed by atoms with Gasteiger partial charge in [0.25, 0.3) is 5.91 Å². The van der Waals surface area contributed by atoms with Gasteiger partial charge >= 0.3 is 0 Å². The standard InChI is InChI=1S/C22H27N3O4S/c1-24(2)11-8-12-25(21(26)15-29-16-9-6-5-7-10-16)22-23-17-13-18(27-3)19(28-4)14-20(17)30-22/h5-7,9-10,13-14H,8,11-12,15H2,1-4H3. The highest BCUT2D eigenvalue weighted by atomic mass is 32.1. The Morgan fingerprint density at radius 2 is 1.73 bits per heavy atom. The Morgan fingerprint density at radius 3 is 2.40 bits per heavy atom.